The van der Waals surface area contributed by atoms with Gasteiger partial charge in [-0.05, 0) is 61.6 Å². The SMILES string of the molecule is COc1cccc(CCCNC(=O)C2CCCN(Cc3ccccc3Cl)C2)c1. The Morgan fingerprint density at radius 2 is 2.11 bits per heavy atom. The Bertz CT molecular complexity index is 781. The number of rotatable bonds is 8. The average Bonchev–Trinajstić information content (AvgIpc) is 2.73. The fourth-order valence-corrected chi connectivity index (χ4v) is 3.95. The number of amides is 1. The van der Waals surface area contributed by atoms with Crippen molar-refractivity contribution < 1.29 is 9.53 Å². The van der Waals surface area contributed by atoms with E-state index in [9.17, 15) is 4.79 Å². The number of carbonyl (C=O) groups excluding carboxylic acids is 1. The molecule has 28 heavy (non-hydrogen) atoms. The highest BCUT2D eigenvalue weighted by Gasteiger charge is 2.25. The lowest BCUT2D eigenvalue weighted by Crippen LogP contribution is -2.43. The van der Waals surface area contributed by atoms with Gasteiger partial charge in [0.1, 0.15) is 5.75 Å². The minimum Gasteiger partial charge on any atom is -0.497 e. The lowest BCUT2D eigenvalue weighted by Gasteiger charge is -2.32. The van der Waals surface area contributed by atoms with E-state index in [-0.39, 0.29) is 11.8 Å². The fourth-order valence-electron chi connectivity index (χ4n) is 3.76. The molecule has 0 aromatic heterocycles. The third kappa shape index (κ3) is 5.98. The summed E-state index contributed by atoms with van der Waals surface area (Å²) in [6.07, 6.45) is 3.86. The minimum atomic E-state index is 0.0630. The number of benzene rings is 2. The molecule has 1 aliphatic heterocycles. The van der Waals surface area contributed by atoms with Crippen molar-refractivity contribution in [3.8, 4) is 5.75 Å². The third-order valence-electron chi connectivity index (χ3n) is 5.30. The zero-order chi connectivity index (χ0) is 19.8. The van der Waals surface area contributed by atoms with E-state index in [4.69, 9.17) is 16.3 Å². The zero-order valence-electron chi connectivity index (χ0n) is 16.5. The summed E-state index contributed by atoms with van der Waals surface area (Å²) in [4.78, 5) is 14.9. The first kappa shape index (κ1) is 20.7. The maximum absolute atomic E-state index is 12.6. The van der Waals surface area contributed by atoms with Gasteiger partial charge in [-0.3, -0.25) is 9.69 Å². The molecule has 0 bridgehead atoms. The van der Waals surface area contributed by atoms with Crippen LogP contribution in [0.15, 0.2) is 48.5 Å². The molecule has 5 heteroatoms. The summed E-state index contributed by atoms with van der Waals surface area (Å²) in [7, 11) is 1.68. The Balaban J connectivity index is 1.42. The first-order valence-corrected chi connectivity index (χ1v) is 10.4. The van der Waals surface area contributed by atoms with Gasteiger partial charge in [0.15, 0.2) is 0 Å². The van der Waals surface area contributed by atoms with Crippen molar-refractivity contribution in [1.82, 2.24) is 10.2 Å². The van der Waals surface area contributed by atoms with Gasteiger partial charge in [-0.2, -0.15) is 0 Å². The van der Waals surface area contributed by atoms with Crippen LogP contribution in [0.4, 0.5) is 0 Å². The summed E-state index contributed by atoms with van der Waals surface area (Å²) in [6.45, 7) is 3.33. The van der Waals surface area contributed by atoms with E-state index in [0.717, 1.165) is 61.7 Å². The van der Waals surface area contributed by atoms with E-state index in [0.29, 0.717) is 6.54 Å². The molecule has 3 rings (SSSR count). The molecular formula is C23H29ClN2O2. The molecule has 1 atom stereocenters. The number of nitrogens with one attached hydrogen (secondary N) is 1. The highest BCUT2D eigenvalue weighted by atomic mass is 35.5. The number of halogens is 1. The standard InChI is InChI=1S/C23H29ClN2O2/c1-28-21-11-4-7-18(15-21)8-5-13-25-23(27)20-10-6-14-26(17-20)16-19-9-2-3-12-22(19)24/h2-4,7,9,11-12,15,20H,5-6,8,10,13-14,16-17H2,1H3,(H,25,27). The lowest BCUT2D eigenvalue weighted by atomic mass is 9.96. The van der Waals surface area contributed by atoms with E-state index in [1.54, 1.807) is 7.11 Å². The van der Waals surface area contributed by atoms with E-state index in [1.165, 1.54) is 5.56 Å². The van der Waals surface area contributed by atoms with Crippen molar-refractivity contribution in [2.24, 2.45) is 5.92 Å². The molecule has 1 unspecified atom stereocenters. The van der Waals surface area contributed by atoms with Gasteiger partial charge < -0.3 is 10.1 Å². The van der Waals surface area contributed by atoms with Crippen LogP contribution in [0.5, 0.6) is 5.75 Å². The zero-order valence-corrected chi connectivity index (χ0v) is 17.3. The van der Waals surface area contributed by atoms with Gasteiger partial charge in [-0.15, -0.1) is 0 Å². The molecule has 0 spiro atoms. The largest absolute Gasteiger partial charge is 0.497 e. The molecule has 150 valence electrons. The molecule has 4 nitrogen and oxygen atoms in total. The first-order valence-electron chi connectivity index (χ1n) is 10.0. The molecule has 1 saturated heterocycles. The topological polar surface area (TPSA) is 41.6 Å². The number of hydrogen-bond donors (Lipinski definition) is 1. The van der Waals surface area contributed by atoms with Crippen LogP contribution in [-0.4, -0.2) is 37.6 Å². The van der Waals surface area contributed by atoms with E-state index in [2.05, 4.69) is 28.4 Å². The van der Waals surface area contributed by atoms with Gasteiger partial charge >= 0.3 is 0 Å². The van der Waals surface area contributed by atoms with Gasteiger partial charge in [0, 0.05) is 24.7 Å². The maximum atomic E-state index is 12.6. The number of hydrogen-bond acceptors (Lipinski definition) is 3. The Morgan fingerprint density at radius 1 is 1.25 bits per heavy atom. The van der Waals surface area contributed by atoms with Crippen molar-refractivity contribution in [3.63, 3.8) is 0 Å². The van der Waals surface area contributed by atoms with Crippen LogP contribution >= 0.6 is 11.6 Å². The molecular weight excluding hydrogens is 372 g/mol. The van der Waals surface area contributed by atoms with Crippen molar-refractivity contribution >= 4 is 17.5 Å². The molecule has 1 aliphatic rings. The van der Waals surface area contributed by atoms with Crippen LogP contribution in [0.1, 0.15) is 30.4 Å². The number of aryl methyl sites for hydroxylation is 1. The highest BCUT2D eigenvalue weighted by Crippen LogP contribution is 2.22. The fraction of sp³-hybridized carbons (Fsp3) is 0.435. The van der Waals surface area contributed by atoms with Gasteiger partial charge in [-0.25, -0.2) is 0 Å². The van der Waals surface area contributed by atoms with E-state index >= 15 is 0 Å². The molecule has 0 aliphatic carbocycles. The van der Waals surface area contributed by atoms with Crippen LogP contribution in [0.2, 0.25) is 5.02 Å². The number of carbonyl (C=O) groups is 1. The second-order valence-electron chi connectivity index (χ2n) is 7.41. The number of nitrogens with zero attached hydrogens (tertiary/aromatic N) is 1. The monoisotopic (exact) mass is 400 g/mol. The summed E-state index contributed by atoms with van der Waals surface area (Å²) in [5, 5.41) is 3.92. The van der Waals surface area contributed by atoms with Gasteiger partial charge in [0.2, 0.25) is 5.91 Å². The lowest BCUT2D eigenvalue weighted by molar-refractivity contribution is -0.126. The molecule has 1 fully saturated rings. The normalized spacial score (nSPS) is 17.3. The van der Waals surface area contributed by atoms with E-state index < -0.39 is 0 Å². The Labute approximate surface area is 172 Å². The quantitative estimate of drug-likeness (QED) is 0.671. The number of ether oxygens (including phenoxy) is 1. The van der Waals surface area contributed by atoms with Crippen molar-refractivity contribution in [1.29, 1.82) is 0 Å². The maximum Gasteiger partial charge on any atom is 0.224 e. The van der Waals surface area contributed by atoms with Crippen molar-refractivity contribution in [2.75, 3.05) is 26.7 Å². The van der Waals surface area contributed by atoms with Crippen molar-refractivity contribution in [2.45, 2.75) is 32.2 Å². The van der Waals surface area contributed by atoms with Gasteiger partial charge in [0.25, 0.3) is 0 Å². The number of methoxy groups -OCH3 is 1. The third-order valence-corrected chi connectivity index (χ3v) is 5.67. The highest BCUT2D eigenvalue weighted by molar-refractivity contribution is 6.31. The molecule has 2 aromatic rings. The first-order chi connectivity index (χ1) is 13.7. The van der Waals surface area contributed by atoms with Crippen molar-refractivity contribution in [3.05, 3.63) is 64.7 Å². The predicted octanol–water partition coefficient (Wildman–Crippen LogP) is 4.31. The summed E-state index contributed by atoms with van der Waals surface area (Å²) in [5.74, 6) is 1.12. The molecule has 1 N–H and O–H groups in total. The summed E-state index contributed by atoms with van der Waals surface area (Å²) < 4.78 is 5.26. The van der Waals surface area contributed by atoms with Crippen LogP contribution in [0.3, 0.4) is 0 Å². The van der Waals surface area contributed by atoms with Crippen LogP contribution in [0, 0.1) is 5.92 Å². The molecule has 0 saturated carbocycles. The van der Waals surface area contributed by atoms with Crippen LogP contribution in [0.25, 0.3) is 0 Å². The number of piperidine rings is 1. The second-order valence-corrected chi connectivity index (χ2v) is 7.82. The molecule has 1 heterocycles. The molecule has 2 aromatic carbocycles. The minimum absolute atomic E-state index is 0.0630. The summed E-state index contributed by atoms with van der Waals surface area (Å²) >= 11 is 6.28. The molecule has 1 amide bonds. The van der Waals surface area contributed by atoms with Crippen LogP contribution < -0.4 is 10.1 Å². The average molecular weight is 401 g/mol. The number of likely N-dealkylation sites (tertiary alicyclic amines) is 1. The smallest absolute Gasteiger partial charge is 0.224 e. The van der Waals surface area contributed by atoms with E-state index in [1.807, 2.05) is 30.3 Å². The Hall–Kier alpha value is -2.04. The summed E-state index contributed by atoms with van der Waals surface area (Å²) in [6, 6.07) is 16.0. The predicted molar refractivity (Wildman–Crippen MR) is 114 cm³/mol. The molecule has 0 radical (unpaired) electrons. The van der Waals surface area contributed by atoms with Gasteiger partial charge in [0.05, 0.1) is 13.0 Å². The Morgan fingerprint density at radius 3 is 2.93 bits per heavy atom. The summed E-state index contributed by atoms with van der Waals surface area (Å²) in [5.41, 5.74) is 2.36. The second kappa shape index (κ2) is 10.5. The van der Waals surface area contributed by atoms with Crippen LogP contribution in [-0.2, 0) is 17.8 Å². The Kier molecular flexibility index (Phi) is 7.75. The van der Waals surface area contributed by atoms with Gasteiger partial charge in [-0.1, -0.05) is 41.9 Å².